The van der Waals surface area contributed by atoms with Gasteiger partial charge in [-0.05, 0) is 36.4 Å². The molecular weight excluding hydrogens is 368 g/mol. The fourth-order valence-corrected chi connectivity index (χ4v) is 3.58. The summed E-state index contributed by atoms with van der Waals surface area (Å²) < 4.78 is 22.0. The van der Waals surface area contributed by atoms with E-state index in [1.807, 2.05) is 6.07 Å². The van der Waals surface area contributed by atoms with Gasteiger partial charge in [0.25, 0.3) is 0 Å². The third-order valence-corrected chi connectivity index (χ3v) is 5.21. The Labute approximate surface area is 161 Å². The highest BCUT2D eigenvalue weighted by Gasteiger charge is 2.53. The Hall–Kier alpha value is -2.35. The number of benzene rings is 2. The summed E-state index contributed by atoms with van der Waals surface area (Å²) in [6.07, 6.45) is -0.194. The summed E-state index contributed by atoms with van der Waals surface area (Å²) in [6, 6.07) is 14.9. The van der Waals surface area contributed by atoms with Gasteiger partial charge in [0, 0.05) is 6.42 Å². The lowest BCUT2D eigenvalue weighted by Crippen LogP contribution is -2.36. The molecule has 0 N–H and O–H groups in total. The van der Waals surface area contributed by atoms with Gasteiger partial charge in [-0.25, -0.2) is 9.59 Å². The van der Waals surface area contributed by atoms with Crippen LogP contribution in [0.25, 0.3) is 0 Å². The van der Waals surface area contributed by atoms with E-state index in [0.29, 0.717) is 29.9 Å². The normalized spacial score (nSPS) is 26.4. The minimum atomic E-state index is -0.680. The highest BCUT2D eigenvalue weighted by atomic mass is 32.1. The molecule has 27 heavy (non-hydrogen) atoms. The van der Waals surface area contributed by atoms with Crippen molar-refractivity contribution in [3.8, 4) is 5.75 Å². The van der Waals surface area contributed by atoms with Gasteiger partial charge in [0.1, 0.15) is 16.8 Å². The molecule has 6 nitrogen and oxygen atoms in total. The van der Waals surface area contributed by atoms with E-state index < -0.39 is 23.0 Å². The van der Waals surface area contributed by atoms with Crippen molar-refractivity contribution >= 4 is 24.6 Å². The first kappa shape index (κ1) is 18.0. The minimum Gasteiger partial charge on any atom is -0.453 e. The molecule has 0 saturated carbocycles. The second kappa shape index (κ2) is 7.34. The summed E-state index contributed by atoms with van der Waals surface area (Å²) in [4.78, 5) is 23.8. The number of rotatable bonds is 4. The average molecular weight is 386 g/mol. The minimum absolute atomic E-state index is 0.257. The van der Waals surface area contributed by atoms with Crippen molar-refractivity contribution in [2.24, 2.45) is 0 Å². The predicted molar refractivity (Wildman–Crippen MR) is 99.1 cm³/mol. The van der Waals surface area contributed by atoms with Crippen molar-refractivity contribution < 1.29 is 28.5 Å². The zero-order valence-corrected chi connectivity index (χ0v) is 15.3. The van der Waals surface area contributed by atoms with Crippen molar-refractivity contribution in [1.29, 1.82) is 0 Å². The monoisotopic (exact) mass is 386 g/mol. The van der Waals surface area contributed by atoms with Crippen LogP contribution in [0.1, 0.15) is 27.1 Å². The topological polar surface area (TPSA) is 71.1 Å². The van der Waals surface area contributed by atoms with Crippen LogP contribution in [-0.2, 0) is 14.2 Å². The first-order chi connectivity index (χ1) is 13.0. The number of hydrogen-bond acceptors (Lipinski definition) is 7. The number of ether oxygens (including phenoxy) is 4. The van der Waals surface area contributed by atoms with Crippen LogP contribution in [0, 0.1) is 0 Å². The molecule has 140 valence electrons. The number of carbonyl (C=O) groups excluding carboxylic acids is 2. The molecule has 2 aromatic rings. The summed E-state index contributed by atoms with van der Waals surface area (Å²) >= 11 is 4.50. The summed E-state index contributed by atoms with van der Waals surface area (Å²) in [5.74, 6) is -0.603. The highest BCUT2D eigenvalue weighted by molar-refractivity contribution is 7.81. The van der Waals surface area contributed by atoms with Gasteiger partial charge in [-0.1, -0.05) is 18.2 Å². The lowest BCUT2D eigenvalue weighted by Gasteiger charge is -2.21. The Bertz CT molecular complexity index is 837. The van der Waals surface area contributed by atoms with Crippen LogP contribution in [0.15, 0.2) is 54.6 Å². The van der Waals surface area contributed by atoms with Crippen molar-refractivity contribution in [3.05, 3.63) is 65.7 Å². The van der Waals surface area contributed by atoms with E-state index in [1.54, 1.807) is 48.5 Å². The lowest BCUT2D eigenvalue weighted by atomic mass is 10.1. The maximum Gasteiger partial charge on any atom is 0.343 e. The van der Waals surface area contributed by atoms with Crippen LogP contribution in [0.3, 0.4) is 0 Å². The Balaban J connectivity index is 1.37. The van der Waals surface area contributed by atoms with Crippen molar-refractivity contribution in [2.45, 2.75) is 23.6 Å². The fourth-order valence-electron chi connectivity index (χ4n) is 3.17. The number of thiol groups is 1. The maximum absolute atomic E-state index is 12.4. The van der Waals surface area contributed by atoms with Crippen molar-refractivity contribution in [2.75, 3.05) is 13.2 Å². The third kappa shape index (κ3) is 3.71. The fraction of sp³-hybridized carbons (Fsp3) is 0.300. The molecule has 0 spiro atoms. The number of carbonyl (C=O) groups is 2. The molecule has 2 aliphatic rings. The molecule has 0 amide bonds. The smallest absolute Gasteiger partial charge is 0.343 e. The number of hydrogen-bond donors (Lipinski definition) is 1. The molecule has 0 aromatic heterocycles. The zero-order chi connectivity index (χ0) is 18.9. The first-order valence-corrected chi connectivity index (χ1v) is 9.06. The summed E-state index contributed by atoms with van der Waals surface area (Å²) in [6.45, 7) is 0.788. The van der Waals surface area contributed by atoms with Crippen molar-refractivity contribution in [1.82, 2.24) is 0 Å². The molecular formula is C20H18O6S. The van der Waals surface area contributed by atoms with Gasteiger partial charge < -0.3 is 18.9 Å². The van der Waals surface area contributed by atoms with Crippen LogP contribution < -0.4 is 4.74 Å². The SMILES string of the molecule is O=C(Oc1ccc(C(=O)OC2CO[C@]3(S)CCO[C@H]23)cc1)c1ccccc1. The Morgan fingerprint density at radius 1 is 1.00 bits per heavy atom. The van der Waals surface area contributed by atoms with Gasteiger partial charge in [-0.3, -0.25) is 0 Å². The first-order valence-electron chi connectivity index (χ1n) is 8.61. The number of esters is 2. The molecule has 1 unspecified atom stereocenters. The quantitative estimate of drug-likeness (QED) is 0.495. The molecule has 0 radical (unpaired) electrons. The van der Waals surface area contributed by atoms with E-state index >= 15 is 0 Å². The molecule has 2 aromatic carbocycles. The summed E-state index contributed by atoms with van der Waals surface area (Å²) in [7, 11) is 0. The second-order valence-electron chi connectivity index (χ2n) is 6.42. The standard InChI is InChI=1S/C20H18O6S/c21-18(13-4-2-1-3-5-13)25-15-8-6-14(7-9-15)19(22)26-16-12-24-20(27)10-11-23-17(16)20/h1-9,16-17,27H,10-12H2/t16?,17-,20+/m1/s1. The van der Waals surface area contributed by atoms with E-state index in [4.69, 9.17) is 18.9 Å². The van der Waals surface area contributed by atoms with E-state index in [9.17, 15) is 9.59 Å². The van der Waals surface area contributed by atoms with E-state index in [0.717, 1.165) is 0 Å². The molecule has 2 aliphatic heterocycles. The summed E-state index contributed by atoms with van der Waals surface area (Å²) in [5.41, 5.74) is 0.804. The van der Waals surface area contributed by atoms with E-state index in [2.05, 4.69) is 12.6 Å². The Morgan fingerprint density at radius 2 is 1.70 bits per heavy atom. The van der Waals surface area contributed by atoms with Gasteiger partial charge in [0.15, 0.2) is 6.10 Å². The molecule has 2 saturated heterocycles. The Kier molecular flexibility index (Phi) is 4.90. The molecule has 0 bridgehead atoms. The van der Waals surface area contributed by atoms with Crippen LogP contribution in [0.5, 0.6) is 5.75 Å². The molecule has 2 fully saturated rings. The van der Waals surface area contributed by atoms with Crippen LogP contribution >= 0.6 is 12.6 Å². The molecule has 3 atom stereocenters. The van der Waals surface area contributed by atoms with Crippen molar-refractivity contribution in [3.63, 3.8) is 0 Å². The maximum atomic E-state index is 12.4. The summed E-state index contributed by atoms with van der Waals surface area (Å²) in [5, 5.41) is 0. The molecule has 0 aliphatic carbocycles. The Morgan fingerprint density at radius 3 is 2.44 bits per heavy atom. The average Bonchev–Trinajstić information content (AvgIpc) is 3.21. The number of fused-ring (bicyclic) bond motifs is 1. The predicted octanol–water partition coefficient (Wildman–Crippen LogP) is 2.88. The zero-order valence-electron chi connectivity index (χ0n) is 14.4. The van der Waals surface area contributed by atoms with Gasteiger partial charge in [-0.2, -0.15) is 0 Å². The van der Waals surface area contributed by atoms with Crippen LogP contribution in [0.2, 0.25) is 0 Å². The van der Waals surface area contributed by atoms with Crippen LogP contribution in [0.4, 0.5) is 0 Å². The van der Waals surface area contributed by atoms with Gasteiger partial charge in [-0.15, -0.1) is 12.6 Å². The third-order valence-electron chi connectivity index (χ3n) is 4.61. The van der Waals surface area contributed by atoms with Crippen LogP contribution in [-0.4, -0.2) is 42.3 Å². The van der Waals surface area contributed by atoms with Gasteiger partial charge >= 0.3 is 11.9 Å². The second-order valence-corrected chi connectivity index (χ2v) is 7.18. The molecule has 2 heterocycles. The van der Waals surface area contributed by atoms with Gasteiger partial charge in [0.05, 0.1) is 24.3 Å². The lowest BCUT2D eigenvalue weighted by molar-refractivity contribution is -0.0158. The highest BCUT2D eigenvalue weighted by Crippen LogP contribution is 2.41. The van der Waals surface area contributed by atoms with E-state index in [-0.39, 0.29) is 12.7 Å². The molecule has 4 rings (SSSR count). The van der Waals surface area contributed by atoms with Gasteiger partial charge in [0.2, 0.25) is 0 Å². The largest absolute Gasteiger partial charge is 0.453 e. The van der Waals surface area contributed by atoms with E-state index in [1.165, 1.54) is 0 Å². The molecule has 7 heteroatoms.